The molecule has 0 aliphatic carbocycles. The van der Waals surface area contributed by atoms with Crippen molar-refractivity contribution in [2.24, 2.45) is 0 Å². The van der Waals surface area contributed by atoms with Crippen LogP contribution >= 0.6 is 0 Å². The second-order valence-electron chi connectivity index (χ2n) is 8.79. The number of para-hydroxylation sites is 1. The van der Waals surface area contributed by atoms with Crippen LogP contribution in [0.4, 0.5) is 5.82 Å². The van der Waals surface area contributed by atoms with Gasteiger partial charge in [0.1, 0.15) is 17.2 Å². The summed E-state index contributed by atoms with van der Waals surface area (Å²) in [6.45, 7) is 2.41. The zero-order valence-electron chi connectivity index (χ0n) is 20.9. The van der Waals surface area contributed by atoms with Crippen LogP contribution < -0.4 is 5.32 Å². The quantitative estimate of drug-likeness (QED) is 0.283. The Morgan fingerprint density at radius 1 is 1.13 bits per heavy atom. The van der Waals surface area contributed by atoms with Crippen LogP contribution in [-0.2, 0) is 32.7 Å². The molecule has 0 unspecified atom stereocenters. The highest BCUT2D eigenvalue weighted by Crippen LogP contribution is 2.26. The summed E-state index contributed by atoms with van der Waals surface area (Å²) in [6, 6.07) is 17.2. The topological polar surface area (TPSA) is 130 Å². The van der Waals surface area contributed by atoms with Gasteiger partial charge in [0, 0.05) is 36.7 Å². The van der Waals surface area contributed by atoms with Crippen LogP contribution in [0.25, 0.3) is 17.0 Å². The van der Waals surface area contributed by atoms with E-state index < -0.39 is 10.1 Å². The predicted octanol–water partition coefficient (Wildman–Crippen LogP) is 4.63. The van der Waals surface area contributed by atoms with E-state index in [1.54, 1.807) is 42.4 Å². The van der Waals surface area contributed by atoms with Gasteiger partial charge in [0.2, 0.25) is 11.8 Å². The highest BCUT2D eigenvalue weighted by atomic mass is 32.2. The Morgan fingerprint density at radius 2 is 1.84 bits per heavy atom. The summed E-state index contributed by atoms with van der Waals surface area (Å²) < 4.78 is 35.1. The number of likely N-dealkylation sites (N-methyl/N-ethyl adjacent to an activating group) is 1. The molecule has 2 amide bonds. The normalized spacial score (nSPS) is 13.0. The van der Waals surface area contributed by atoms with Gasteiger partial charge in [-0.05, 0) is 54.8 Å². The maximum Gasteiger partial charge on any atom is 0.294 e. The van der Waals surface area contributed by atoms with Gasteiger partial charge in [-0.3, -0.25) is 14.1 Å². The van der Waals surface area contributed by atoms with Gasteiger partial charge in [0.05, 0.1) is 11.4 Å². The number of hydrogen-bond acceptors (Lipinski definition) is 6. The van der Waals surface area contributed by atoms with Crippen molar-refractivity contribution in [1.82, 2.24) is 9.88 Å². The van der Waals surface area contributed by atoms with Crippen molar-refractivity contribution >= 4 is 44.8 Å². The zero-order chi connectivity index (χ0) is 27.3. The van der Waals surface area contributed by atoms with Crippen molar-refractivity contribution < 1.29 is 27.0 Å². The van der Waals surface area contributed by atoms with Gasteiger partial charge >= 0.3 is 0 Å². The monoisotopic (exact) mass is 533 g/mol. The number of benzene rings is 2. The van der Waals surface area contributed by atoms with Crippen molar-refractivity contribution in [3.05, 3.63) is 95.4 Å². The second kappa shape index (κ2) is 11.4. The molecule has 0 radical (unpaired) electrons. The van der Waals surface area contributed by atoms with Crippen LogP contribution in [0.2, 0.25) is 0 Å². The first-order valence-electron chi connectivity index (χ1n) is 11.8. The Bertz CT molecular complexity index is 1610. The summed E-state index contributed by atoms with van der Waals surface area (Å²) >= 11 is 0. The molecule has 0 fully saturated rings. The van der Waals surface area contributed by atoms with Gasteiger partial charge in [0.25, 0.3) is 10.1 Å². The van der Waals surface area contributed by atoms with Crippen molar-refractivity contribution in [2.75, 3.05) is 12.4 Å². The number of carbonyl (C=O) groups excluding carboxylic acids is 2. The van der Waals surface area contributed by atoms with Gasteiger partial charge in [-0.1, -0.05) is 36.4 Å². The number of fused-ring (bicyclic) bond motifs is 2. The first-order chi connectivity index (χ1) is 18.1. The lowest BCUT2D eigenvalue weighted by Crippen LogP contribution is -2.24. The summed E-state index contributed by atoms with van der Waals surface area (Å²) in [4.78, 5) is 29.7. The molecule has 0 atom stereocenters. The molecule has 5 rings (SSSR count). The van der Waals surface area contributed by atoms with E-state index in [4.69, 9.17) is 8.97 Å². The first-order valence-corrected chi connectivity index (χ1v) is 13.3. The van der Waals surface area contributed by atoms with Crippen molar-refractivity contribution in [3.8, 4) is 0 Å². The van der Waals surface area contributed by atoms with E-state index in [0.717, 1.165) is 33.4 Å². The third-order valence-electron chi connectivity index (χ3n) is 6.03. The largest absolute Gasteiger partial charge is 0.459 e. The number of rotatable bonds is 5. The van der Waals surface area contributed by atoms with E-state index in [-0.39, 0.29) is 16.7 Å². The molecule has 0 saturated carbocycles. The van der Waals surface area contributed by atoms with Gasteiger partial charge in [-0.15, -0.1) is 0 Å². The maximum absolute atomic E-state index is 12.5. The summed E-state index contributed by atoms with van der Waals surface area (Å²) in [6.07, 6.45) is 6.05. The lowest BCUT2D eigenvalue weighted by atomic mass is 10.0. The number of carbonyl (C=O) groups is 2. The number of pyridine rings is 1. The molecule has 196 valence electrons. The smallest absolute Gasteiger partial charge is 0.294 e. The van der Waals surface area contributed by atoms with E-state index in [0.29, 0.717) is 25.2 Å². The van der Waals surface area contributed by atoms with Gasteiger partial charge in [-0.25, -0.2) is 4.98 Å². The number of furan rings is 1. The maximum atomic E-state index is 12.5. The average molecular weight is 534 g/mol. The fourth-order valence-corrected chi connectivity index (χ4v) is 4.42. The molecule has 9 nitrogen and oxygen atoms in total. The van der Waals surface area contributed by atoms with Crippen LogP contribution in [0, 0.1) is 6.92 Å². The third-order valence-corrected chi connectivity index (χ3v) is 6.89. The number of anilines is 1. The Kier molecular flexibility index (Phi) is 8.04. The minimum Gasteiger partial charge on any atom is -0.459 e. The fraction of sp³-hybridized carbons (Fsp3) is 0.179. The number of hydrogen-bond donors (Lipinski definition) is 2. The molecule has 2 aromatic heterocycles. The number of amides is 2. The molecule has 1 aliphatic rings. The molecule has 4 aromatic rings. The predicted molar refractivity (Wildman–Crippen MR) is 144 cm³/mol. The van der Waals surface area contributed by atoms with E-state index in [9.17, 15) is 18.0 Å². The van der Waals surface area contributed by atoms with Crippen molar-refractivity contribution in [2.45, 2.75) is 31.2 Å². The van der Waals surface area contributed by atoms with E-state index in [2.05, 4.69) is 10.3 Å². The summed E-state index contributed by atoms with van der Waals surface area (Å²) in [5.41, 5.74) is 3.70. The first kappa shape index (κ1) is 26.8. The lowest BCUT2D eigenvalue weighted by molar-refractivity contribution is -0.125. The molecule has 0 bridgehead atoms. The minimum atomic E-state index is -4.00. The van der Waals surface area contributed by atoms with Crippen LogP contribution in [0.5, 0.6) is 0 Å². The molecule has 0 spiro atoms. The van der Waals surface area contributed by atoms with Crippen molar-refractivity contribution in [3.63, 3.8) is 0 Å². The average Bonchev–Trinajstić information content (AvgIpc) is 3.22. The number of aromatic nitrogens is 1. The van der Waals surface area contributed by atoms with Crippen LogP contribution in [0.15, 0.2) is 82.2 Å². The highest BCUT2D eigenvalue weighted by molar-refractivity contribution is 7.85. The molecule has 0 saturated heterocycles. The fourth-order valence-electron chi connectivity index (χ4n) is 3.92. The molecular weight excluding hydrogens is 506 g/mol. The van der Waals surface area contributed by atoms with E-state index >= 15 is 0 Å². The molecule has 2 N–H and O–H groups in total. The van der Waals surface area contributed by atoms with Gasteiger partial charge in [-0.2, -0.15) is 8.42 Å². The highest BCUT2D eigenvalue weighted by Gasteiger charge is 2.16. The van der Waals surface area contributed by atoms with Crippen molar-refractivity contribution in [1.29, 1.82) is 0 Å². The van der Waals surface area contributed by atoms with E-state index in [1.165, 1.54) is 18.2 Å². The lowest BCUT2D eigenvalue weighted by Gasteiger charge is -2.16. The van der Waals surface area contributed by atoms with Gasteiger partial charge in [0.15, 0.2) is 0 Å². The Morgan fingerprint density at radius 3 is 2.53 bits per heavy atom. The standard InChI is InChI=1S/C22H21N3O3.C6H6O3S/c1-14-17-5-3-4-6-18(17)28-19(14)13-25(2)21(27)10-7-15-11-16-8-9-20(26)24-22(16)23-12-15;7-10(8,9)6-4-2-1-3-5-6/h3-7,10-12H,8-9,13H2,1-2H3,(H,23,24,26);1-5H,(H,7,8,9). The number of aryl methyl sites for hydroxylation is 2. The molecular formula is C28H27N3O6S. The SMILES string of the molecule is Cc1c(CN(C)C(=O)C=Cc2cnc3c(c2)CCC(=O)N3)oc2ccccc12.O=S(=O)(O)c1ccccc1. The zero-order valence-corrected chi connectivity index (χ0v) is 21.7. The van der Waals surface area contributed by atoms with Crippen LogP contribution in [-0.4, -0.2) is 41.7 Å². The molecule has 1 aliphatic heterocycles. The summed E-state index contributed by atoms with van der Waals surface area (Å²) in [7, 11) is -2.25. The molecule has 2 aromatic carbocycles. The Balaban J connectivity index is 0.000000283. The van der Waals surface area contributed by atoms with E-state index in [1.807, 2.05) is 37.3 Å². The molecule has 38 heavy (non-hydrogen) atoms. The molecule has 3 heterocycles. The molecule has 10 heteroatoms. The Hall–Kier alpha value is -4.28. The van der Waals surface area contributed by atoms with Gasteiger partial charge < -0.3 is 14.6 Å². The van der Waals surface area contributed by atoms with Crippen LogP contribution in [0.1, 0.15) is 28.9 Å². The second-order valence-corrected chi connectivity index (χ2v) is 10.2. The van der Waals surface area contributed by atoms with Crippen LogP contribution in [0.3, 0.4) is 0 Å². The third kappa shape index (κ3) is 6.53. The Labute approximate surface area is 220 Å². The summed E-state index contributed by atoms with van der Waals surface area (Å²) in [5, 5.41) is 3.82. The summed E-state index contributed by atoms with van der Waals surface area (Å²) in [5.74, 6) is 1.26. The number of nitrogens with one attached hydrogen (secondary N) is 1. The minimum absolute atomic E-state index is 0.0130. The number of nitrogens with zero attached hydrogens (tertiary/aromatic N) is 2.